The zero-order valence-corrected chi connectivity index (χ0v) is 21.6. The number of aliphatic imine (C=N–C) groups is 1. The minimum atomic E-state index is 0.115. The van der Waals surface area contributed by atoms with Crippen molar-refractivity contribution in [1.82, 2.24) is 0 Å². The first-order valence-electron chi connectivity index (χ1n) is 13.8. The summed E-state index contributed by atoms with van der Waals surface area (Å²) in [6.07, 6.45) is 16.6. The number of nitrogens with one attached hydrogen (secondary N) is 1. The Labute approximate surface area is 206 Å². The second-order valence-electron chi connectivity index (χ2n) is 11.9. The highest BCUT2D eigenvalue weighted by molar-refractivity contribution is 6.02. The molecular weight excluding hydrogens is 412 g/mol. The van der Waals surface area contributed by atoms with E-state index in [0.29, 0.717) is 0 Å². The molecule has 2 unspecified atom stereocenters. The third kappa shape index (κ3) is 3.32. The molecular formula is C32H40N2. The molecule has 2 aliphatic carbocycles. The van der Waals surface area contributed by atoms with Gasteiger partial charge in [-0.2, -0.15) is 0 Å². The Morgan fingerprint density at radius 3 is 2.24 bits per heavy atom. The Bertz CT molecular complexity index is 1220. The van der Waals surface area contributed by atoms with Gasteiger partial charge in [0, 0.05) is 27.9 Å². The van der Waals surface area contributed by atoms with Crippen molar-refractivity contribution in [2.75, 3.05) is 5.32 Å². The number of hydrogen-bond acceptors (Lipinski definition) is 2. The lowest BCUT2D eigenvalue weighted by Gasteiger charge is -2.30. The standard InChI is InChI=1S/C32H40N2/c1-21-17-23(19-25-29(21)33-27-13-9-5-7-11-15-31(25,27)3)24-18-22(2)30-26(20-24)32(4)16-12-8-6-10-14-28(32)34-30/h13,17-20,33H,5-12,14-16H2,1-4H3/b27-13+. The number of benzene rings is 2. The van der Waals surface area contributed by atoms with Crippen LogP contribution in [0.15, 0.2) is 41.0 Å². The molecule has 0 saturated heterocycles. The second kappa shape index (κ2) is 8.11. The van der Waals surface area contributed by atoms with Gasteiger partial charge in [0.15, 0.2) is 0 Å². The van der Waals surface area contributed by atoms with Crippen LogP contribution in [0.3, 0.4) is 0 Å². The average Bonchev–Trinajstić information content (AvgIpc) is 3.21. The lowest BCUT2D eigenvalue weighted by Crippen LogP contribution is -2.30. The molecule has 4 aliphatic rings. The number of anilines is 1. The van der Waals surface area contributed by atoms with E-state index in [0.717, 1.165) is 6.42 Å². The number of aryl methyl sites for hydroxylation is 2. The van der Waals surface area contributed by atoms with Gasteiger partial charge in [-0.05, 0) is 117 Å². The van der Waals surface area contributed by atoms with E-state index < -0.39 is 0 Å². The Morgan fingerprint density at radius 2 is 1.41 bits per heavy atom. The van der Waals surface area contributed by atoms with Crippen LogP contribution in [0.4, 0.5) is 11.4 Å². The van der Waals surface area contributed by atoms with Crippen LogP contribution in [-0.4, -0.2) is 5.71 Å². The summed E-state index contributed by atoms with van der Waals surface area (Å²) in [6, 6.07) is 9.82. The smallest absolute Gasteiger partial charge is 0.0700 e. The zero-order valence-electron chi connectivity index (χ0n) is 21.6. The summed E-state index contributed by atoms with van der Waals surface area (Å²) in [6.45, 7) is 9.50. The van der Waals surface area contributed by atoms with Gasteiger partial charge in [0.2, 0.25) is 0 Å². The third-order valence-corrected chi connectivity index (χ3v) is 9.47. The molecule has 1 fully saturated rings. The van der Waals surface area contributed by atoms with E-state index in [1.807, 2.05) is 0 Å². The Kier molecular flexibility index (Phi) is 5.28. The molecule has 34 heavy (non-hydrogen) atoms. The van der Waals surface area contributed by atoms with Crippen molar-refractivity contribution in [3.05, 3.63) is 58.3 Å². The largest absolute Gasteiger partial charge is 0.358 e. The zero-order chi connectivity index (χ0) is 23.5. The Morgan fingerprint density at radius 1 is 0.735 bits per heavy atom. The number of allylic oxidation sites excluding steroid dienone is 2. The maximum atomic E-state index is 5.24. The lowest BCUT2D eigenvalue weighted by atomic mass is 9.71. The van der Waals surface area contributed by atoms with Crippen molar-refractivity contribution < 1.29 is 0 Å². The molecule has 0 radical (unpaired) electrons. The quantitative estimate of drug-likeness (QED) is 0.458. The maximum Gasteiger partial charge on any atom is 0.0700 e. The van der Waals surface area contributed by atoms with E-state index in [1.165, 1.54) is 120 Å². The van der Waals surface area contributed by atoms with Gasteiger partial charge in [-0.25, -0.2) is 0 Å². The van der Waals surface area contributed by atoms with E-state index in [-0.39, 0.29) is 10.8 Å². The van der Waals surface area contributed by atoms with Crippen LogP contribution < -0.4 is 5.32 Å². The molecule has 1 N–H and O–H groups in total. The Hall–Kier alpha value is -2.35. The number of rotatable bonds is 1. The van der Waals surface area contributed by atoms with Gasteiger partial charge < -0.3 is 5.32 Å². The summed E-state index contributed by atoms with van der Waals surface area (Å²) in [5, 5.41) is 3.84. The molecule has 1 saturated carbocycles. The van der Waals surface area contributed by atoms with E-state index >= 15 is 0 Å². The fraction of sp³-hybridized carbons (Fsp3) is 0.531. The number of fused-ring (bicyclic) bond motifs is 6. The van der Waals surface area contributed by atoms with E-state index in [9.17, 15) is 0 Å². The van der Waals surface area contributed by atoms with Crippen molar-refractivity contribution in [1.29, 1.82) is 0 Å². The van der Waals surface area contributed by atoms with Gasteiger partial charge >= 0.3 is 0 Å². The molecule has 2 heteroatoms. The first kappa shape index (κ1) is 22.1. The molecule has 0 bridgehead atoms. The molecule has 0 aromatic heterocycles. The SMILES string of the molecule is Cc1cc(-c2cc(C)c3c(c2)C2(C)CCCCC/C=C\2N3)cc2c1N=C1CCCCCCC12C. The number of nitrogens with zero attached hydrogens (tertiary/aromatic N) is 1. The summed E-state index contributed by atoms with van der Waals surface area (Å²) < 4.78 is 0. The summed E-state index contributed by atoms with van der Waals surface area (Å²) >= 11 is 0. The molecule has 178 valence electrons. The van der Waals surface area contributed by atoms with Gasteiger partial charge in [-0.15, -0.1) is 0 Å². The van der Waals surface area contributed by atoms with Crippen molar-refractivity contribution >= 4 is 17.1 Å². The van der Waals surface area contributed by atoms with Gasteiger partial charge in [0.05, 0.1) is 5.69 Å². The van der Waals surface area contributed by atoms with E-state index in [1.54, 1.807) is 0 Å². The molecule has 2 nitrogen and oxygen atoms in total. The van der Waals surface area contributed by atoms with Gasteiger partial charge in [0.1, 0.15) is 0 Å². The van der Waals surface area contributed by atoms with Gasteiger partial charge in [-0.3, -0.25) is 4.99 Å². The van der Waals surface area contributed by atoms with Crippen LogP contribution in [0, 0.1) is 13.8 Å². The van der Waals surface area contributed by atoms with Crippen LogP contribution in [0.2, 0.25) is 0 Å². The summed E-state index contributed by atoms with van der Waals surface area (Å²) in [5.74, 6) is 0. The first-order chi connectivity index (χ1) is 16.4. The molecule has 6 rings (SSSR count). The maximum absolute atomic E-state index is 5.24. The molecule has 0 spiro atoms. The van der Waals surface area contributed by atoms with Crippen molar-refractivity contribution in [3.63, 3.8) is 0 Å². The highest BCUT2D eigenvalue weighted by Crippen LogP contribution is 2.52. The molecule has 0 amide bonds. The van der Waals surface area contributed by atoms with Crippen LogP contribution >= 0.6 is 0 Å². The predicted octanol–water partition coefficient (Wildman–Crippen LogP) is 9.20. The topological polar surface area (TPSA) is 24.4 Å². The normalized spacial score (nSPS) is 29.6. The number of hydrogen-bond donors (Lipinski definition) is 1. The molecule has 2 heterocycles. The molecule has 2 aromatic rings. The predicted molar refractivity (Wildman–Crippen MR) is 146 cm³/mol. The van der Waals surface area contributed by atoms with Crippen molar-refractivity contribution in [3.8, 4) is 11.1 Å². The third-order valence-electron chi connectivity index (χ3n) is 9.47. The van der Waals surface area contributed by atoms with Crippen LogP contribution in [0.1, 0.15) is 107 Å². The lowest BCUT2D eigenvalue weighted by molar-refractivity contribution is 0.473. The monoisotopic (exact) mass is 452 g/mol. The fourth-order valence-corrected chi connectivity index (χ4v) is 7.23. The second-order valence-corrected chi connectivity index (χ2v) is 11.9. The van der Waals surface area contributed by atoms with Crippen molar-refractivity contribution in [2.45, 2.75) is 109 Å². The van der Waals surface area contributed by atoms with E-state index in [2.05, 4.69) is 63.4 Å². The minimum Gasteiger partial charge on any atom is -0.358 e. The summed E-state index contributed by atoms with van der Waals surface area (Å²) in [5.41, 5.74) is 14.2. The van der Waals surface area contributed by atoms with Gasteiger partial charge in [0.25, 0.3) is 0 Å². The molecule has 2 aromatic carbocycles. The fourth-order valence-electron chi connectivity index (χ4n) is 7.23. The first-order valence-corrected chi connectivity index (χ1v) is 13.8. The van der Waals surface area contributed by atoms with Crippen LogP contribution in [0.5, 0.6) is 0 Å². The molecule has 2 atom stereocenters. The average molecular weight is 453 g/mol. The van der Waals surface area contributed by atoms with Gasteiger partial charge in [-0.1, -0.05) is 45.1 Å². The summed E-state index contributed by atoms with van der Waals surface area (Å²) in [7, 11) is 0. The summed E-state index contributed by atoms with van der Waals surface area (Å²) in [4.78, 5) is 5.24. The minimum absolute atomic E-state index is 0.115. The Balaban J connectivity index is 1.46. The molecule has 2 aliphatic heterocycles. The van der Waals surface area contributed by atoms with E-state index in [4.69, 9.17) is 4.99 Å². The van der Waals surface area contributed by atoms with Crippen LogP contribution in [0.25, 0.3) is 11.1 Å². The van der Waals surface area contributed by atoms with Crippen LogP contribution in [-0.2, 0) is 10.8 Å². The van der Waals surface area contributed by atoms with Crippen molar-refractivity contribution in [2.24, 2.45) is 4.99 Å². The highest BCUT2D eigenvalue weighted by Gasteiger charge is 2.41. The highest BCUT2D eigenvalue weighted by atomic mass is 15.0.